The summed E-state index contributed by atoms with van der Waals surface area (Å²) in [4.78, 5) is 26.4. The monoisotopic (exact) mass is 303 g/mol. The fourth-order valence-corrected chi connectivity index (χ4v) is 2.84. The molecule has 0 N–H and O–H groups in total. The van der Waals surface area contributed by atoms with Gasteiger partial charge in [0.25, 0.3) is 0 Å². The van der Waals surface area contributed by atoms with Gasteiger partial charge < -0.3 is 9.64 Å². The molecule has 1 aliphatic rings. The lowest BCUT2D eigenvalue weighted by Crippen LogP contribution is -2.46. The first-order valence-electron chi connectivity index (χ1n) is 7.85. The van der Waals surface area contributed by atoms with Gasteiger partial charge in [0.1, 0.15) is 5.60 Å². The zero-order valence-electron chi connectivity index (χ0n) is 13.8. The standard InChI is InChI=1S/C18H25NO3/c1-13-12-19(17(21)22-18(2,3)4)11-10-15(13)16(20)14-8-6-5-7-9-14/h5-9,13,15H,10-12H2,1-4H3. The molecule has 4 nitrogen and oxygen atoms in total. The Morgan fingerprint density at radius 1 is 1.18 bits per heavy atom. The van der Waals surface area contributed by atoms with Crippen LogP contribution in [-0.4, -0.2) is 35.5 Å². The quantitative estimate of drug-likeness (QED) is 0.781. The first kappa shape index (κ1) is 16.5. The minimum absolute atomic E-state index is 0.0268. The van der Waals surface area contributed by atoms with Crippen molar-refractivity contribution in [3.05, 3.63) is 35.9 Å². The van der Waals surface area contributed by atoms with E-state index in [9.17, 15) is 9.59 Å². The van der Waals surface area contributed by atoms with E-state index in [1.807, 2.05) is 58.0 Å². The van der Waals surface area contributed by atoms with Gasteiger partial charge >= 0.3 is 6.09 Å². The Balaban J connectivity index is 1.98. The highest BCUT2D eigenvalue weighted by atomic mass is 16.6. The molecule has 1 amide bonds. The molecule has 1 heterocycles. The fourth-order valence-electron chi connectivity index (χ4n) is 2.84. The van der Waals surface area contributed by atoms with Crippen molar-refractivity contribution in [2.24, 2.45) is 11.8 Å². The van der Waals surface area contributed by atoms with Crippen molar-refractivity contribution < 1.29 is 14.3 Å². The topological polar surface area (TPSA) is 46.6 Å². The molecule has 0 aromatic heterocycles. The Morgan fingerprint density at radius 3 is 2.36 bits per heavy atom. The van der Waals surface area contributed by atoms with Crippen LogP contribution in [0.4, 0.5) is 4.79 Å². The minimum atomic E-state index is -0.489. The Labute approximate surface area is 132 Å². The van der Waals surface area contributed by atoms with Gasteiger partial charge in [0, 0.05) is 24.6 Å². The van der Waals surface area contributed by atoms with Crippen LogP contribution >= 0.6 is 0 Å². The van der Waals surface area contributed by atoms with Gasteiger partial charge in [-0.05, 0) is 33.1 Å². The maximum atomic E-state index is 12.6. The summed E-state index contributed by atoms with van der Waals surface area (Å²) in [6.45, 7) is 8.75. The van der Waals surface area contributed by atoms with E-state index >= 15 is 0 Å². The van der Waals surface area contributed by atoms with Crippen molar-refractivity contribution in [3.8, 4) is 0 Å². The second-order valence-electron chi connectivity index (χ2n) is 7.03. The van der Waals surface area contributed by atoms with Crippen LogP contribution in [0, 0.1) is 11.8 Å². The molecular weight excluding hydrogens is 278 g/mol. The smallest absolute Gasteiger partial charge is 0.410 e. The van der Waals surface area contributed by atoms with E-state index in [4.69, 9.17) is 4.74 Å². The van der Waals surface area contributed by atoms with E-state index in [0.717, 1.165) is 5.56 Å². The SMILES string of the molecule is CC1CN(C(=O)OC(C)(C)C)CCC1C(=O)c1ccccc1. The van der Waals surface area contributed by atoms with Crippen LogP contribution in [0.1, 0.15) is 44.5 Å². The van der Waals surface area contributed by atoms with Gasteiger partial charge in [0.15, 0.2) is 5.78 Å². The third-order valence-electron chi connectivity index (χ3n) is 3.95. The highest BCUT2D eigenvalue weighted by Gasteiger charge is 2.34. The van der Waals surface area contributed by atoms with Crippen LogP contribution in [0.5, 0.6) is 0 Å². The van der Waals surface area contributed by atoms with Gasteiger partial charge in [-0.3, -0.25) is 4.79 Å². The first-order valence-corrected chi connectivity index (χ1v) is 7.85. The number of amides is 1. The molecule has 1 aliphatic heterocycles. The molecule has 0 saturated carbocycles. The van der Waals surface area contributed by atoms with Gasteiger partial charge in [-0.25, -0.2) is 4.79 Å². The molecule has 120 valence electrons. The normalized spacial score (nSPS) is 22.3. The Kier molecular flexibility index (Phi) is 4.89. The van der Waals surface area contributed by atoms with Crippen molar-refractivity contribution >= 4 is 11.9 Å². The molecule has 0 spiro atoms. The zero-order chi connectivity index (χ0) is 16.3. The fraction of sp³-hybridized carbons (Fsp3) is 0.556. The summed E-state index contributed by atoms with van der Waals surface area (Å²) in [5.41, 5.74) is 0.266. The number of Topliss-reactive ketones (excluding diaryl/α,β-unsaturated/α-hetero) is 1. The number of ketones is 1. The van der Waals surface area contributed by atoms with Gasteiger partial charge in [0.05, 0.1) is 0 Å². The highest BCUT2D eigenvalue weighted by Crippen LogP contribution is 2.27. The number of hydrogen-bond acceptors (Lipinski definition) is 3. The van der Waals surface area contributed by atoms with Crippen molar-refractivity contribution in [2.45, 2.75) is 39.7 Å². The van der Waals surface area contributed by atoms with Crippen LogP contribution in [0.3, 0.4) is 0 Å². The zero-order valence-corrected chi connectivity index (χ0v) is 13.8. The Bertz CT molecular complexity index is 533. The maximum absolute atomic E-state index is 12.6. The molecule has 0 radical (unpaired) electrons. The van der Waals surface area contributed by atoms with Crippen LogP contribution in [0.2, 0.25) is 0 Å². The summed E-state index contributed by atoms with van der Waals surface area (Å²) in [7, 11) is 0. The molecular formula is C18H25NO3. The van der Waals surface area contributed by atoms with E-state index in [2.05, 4.69) is 0 Å². The average molecular weight is 303 g/mol. The second-order valence-corrected chi connectivity index (χ2v) is 7.03. The van der Waals surface area contributed by atoms with Gasteiger partial charge in [-0.2, -0.15) is 0 Å². The van der Waals surface area contributed by atoms with Gasteiger partial charge in [0.2, 0.25) is 0 Å². The van der Waals surface area contributed by atoms with Crippen LogP contribution < -0.4 is 0 Å². The van der Waals surface area contributed by atoms with Crippen LogP contribution in [-0.2, 0) is 4.74 Å². The highest BCUT2D eigenvalue weighted by molar-refractivity contribution is 5.98. The van der Waals surface area contributed by atoms with E-state index in [1.54, 1.807) is 4.90 Å². The van der Waals surface area contributed by atoms with Crippen molar-refractivity contribution in [3.63, 3.8) is 0 Å². The predicted octanol–water partition coefficient (Wildman–Crippen LogP) is 3.76. The second kappa shape index (κ2) is 6.51. The Morgan fingerprint density at radius 2 is 1.82 bits per heavy atom. The lowest BCUT2D eigenvalue weighted by atomic mass is 9.81. The molecule has 1 aromatic carbocycles. The minimum Gasteiger partial charge on any atom is -0.444 e. The number of ether oxygens (including phenoxy) is 1. The van der Waals surface area contributed by atoms with Crippen LogP contribution in [0.15, 0.2) is 30.3 Å². The summed E-state index contributed by atoms with van der Waals surface area (Å²) in [5, 5.41) is 0. The van der Waals surface area contributed by atoms with E-state index in [1.165, 1.54) is 0 Å². The summed E-state index contributed by atoms with van der Waals surface area (Å²) < 4.78 is 5.41. The number of likely N-dealkylation sites (tertiary alicyclic amines) is 1. The van der Waals surface area contributed by atoms with E-state index in [0.29, 0.717) is 19.5 Å². The molecule has 1 saturated heterocycles. The molecule has 1 fully saturated rings. The molecule has 0 aliphatic carbocycles. The van der Waals surface area contributed by atoms with E-state index < -0.39 is 5.60 Å². The van der Waals surface area contributed by atoms with Crippen molar-refractivity contribution in [1.29, 1.82) is 0 Å². The largest absolute Gasteiger partial charge is 0.444 e. The molecule has 2 unspecified atom stereocenters. The maximum Gasteiger partial charge on any atom is 0.410 e. The molecule has 0 bridgehead atoms. The summed E-state index contributed by atoms with van der Waals surface area (Å²) >= 11 is 0. The number of hydrogen-bond donors (Lipinski definition) is 0. The molecule has 22 heavy (non-hydrogen) atoms. The van der Waals surface area contributed by atoms with E-state index in [-0.39, 0.29) is 23.7 Å². The van der Waals surface area contributed by atoms with Crippen molar-refractivity contribution in [2.75, 3.05) is 13.1 Å². The third kappa shape index (κ3) is 4.09. The van der Waals surface area contributed by atoms with Gasteiger partial charge in [-0.15, -0.1) is 0 Å². The average Bonchev–Trinajstić information content (AvgIpc) is 2.45. The molecule has 1 aromatic rings. The summed E-state index contributed by atoms with van der Waals surface area (Å²) in [6.07, 6.45) is 0.402. The lowest BCUT2D eigenvalue weighted by molar-refractivity contribution is 0.0118. The predicted molar refractivity (Wildman–Crippen MR) is 85.9 cm³/mol. The molecule has 2 atom stereocenters. The number of piperidine rings is 1. The summed E-state index contributed by atoms with van der Waals surface area (Å²) in [5.74, 6) is 0.284. The summed E-state index contributed by atoms with van der Waals surface area (Å²) in [6, 6.07) is 9.39. The number of nitrogens with zero attached hydrogens (tertiary/aromatic N) is 1. The molecule has 4 heteroatoms. The van der Waals surface area contributed by atoms with Gasteiger partial charge in [-0.1, -0.05) is 37.3 Å². The number of carbonyl (C=O) groups is 2. The number of benzene rings is 1. The lowest BCUT2D eigenvalue weighted by Gasteiger charge is -2.37. The number of carbonyl (C=O) groups excluding carboxylic acids is 2. The van der Waals surface area contributed by atoms with Crippen LogP contribution in [0.25, 0.3) is 0 Å². The van der Waals surface area contributed by atoms with Crippen molar-refractivity contribution in [1.82, 2.24) is 4.90 Å². The molecule has 2 rings (SSSR count). The third-order valence-corrected chi connectivity index (χ3v) is 3.95. The Hall–Kier alpha value is -1.84. The first-order chi connectivity index (χ1) is 10.3. The number of rotatable bonds is 2.